The third-order valence-corrected chi connectivity index (χ3v) is 13.6. The Balaban J connectivity index is 1.000. The van der Waals surface area contributed by atoms with E-state index in [0.717, 1.165) is 89.3 Å². The van der Waals surface area contributed by atoms with Gasteiger partial charge >= 0.3 is 0 Å². The van der Waals surface area contributed by atoms with Crippen molar-refractivity contribution in [2.24, 2.45) is 0 Å². The molecule has 0 N–H and O–H groups in total. The lowest BCUT2D eigenvalue weighted by Crippen LogP contribution is -2.04. The van der Waals surface area contributed by atoms with Gasteiger partial charge in [-0.1, -0.05) is 152 Å². The van der Waals surface area contributed by atoms with Crippen LogP contribution >= 0.6 is 0 Å². The molecule has 0 unspecified atom stereocenters. The Hall–Kier alpha value is -8.73. The van der Waals surface area contributed by atoms with E-state index in [1.54, 1.807) is 0 Å². The second-order valence-electron chi connectivity index (χ2n) is 17.0. The maximum absolute atomic E-state index is 6.58. The second kappa shape index (κ2) is 13.9. The number of nitrogens with zero attached hydrogens (tertiary/aromatic N) is 3. The SMILES string of the molecule is c1ccc(-n2ccc3c2-c2ccccc2-c2c(ccn2-c2ccc4c(c2)-c2ccccc2-c2ccccc2-c2cc(-c5cccc6c5oc5ccccc56)ccc2-4)-c2cccnc2-3)cc1. The molecule has 0 aliphatic heterocycles. The Labute approximate surface area is 375 Å². The Kier molecular flexibility index (Phi) is 7.65. The summed E-state index contributed by atoms with van der Waals surface area (Å²) in [4.78, 5) is 5.09. The Morgan fingerprint density at radius 1 is 0.323 bits per heavy atom. The first-order chi connectivity index (χ1) is 32.3. The van der Waals surface area contributed by atoms with Gasteiger partial charge in [-0.2, -0.15) is 0 Å². The number of hydrogen-bond acceptors (Lipinski definition) is 2. The van der Waals surface area contributed by atoms with Crippen LogP contribution in [0.3, 0.4) is 0 Å². The van der Waals surface area contributed by atoms with Gasteiger partial charge < -0.3 is 13.6 Å². The van der Waals surface area contributed by atoms with E-state index >= 15 is 0 Å². The van der Waals surface area contributed by atoms with Gasteiger partial charge in [0.05, 0.1) is 17.1 Å². The van der Waals surface area contributed by atoms with Crippen LogP contribution in [-0.2, 0) is 0 Å². The molecule has 0 saturated heterocycles. The van der Waals surface area contributed by atoms with Gasteiger partial charge in [-0.05, 0) is 105 Å². The minimum Gasteiger partial charge on any atom is -0.455 e. The molecule has 0 bridgehead atoms. The monoisotopic (exact) mass is 827 g/mol. The molecule has 302 valence electrons. The number of furan rings is 1. The van der Waals surface area contributed by atoms with E-state index in [9.17, 15) is 0 Å². The Bertz CT molecular complexity index is 3900. The van der Waals surface area contributed by atoms with Crippen LogP contribution in [0.25, 0.3) is 134 Å². The molecule has 14 rings (SSSR count). The Morgan fingerprint density at radius 2 is 0.862 bits per heavy atom. The highest BCUT2D eigenvalue weighted by Crippen LogP contribution is 2.52. The van der Waals surface area contributed by atoms with E-state index in [-0.39, 0.29) is 0 Å². The van der Waals surface area contributed by atoms with Crippen LogP contribution in [0.2, 0.25) is 0 Å². The molecule has 12 aromatic rings. The summed E-state index contributed by atoms with van der Waals surface area (Å²) < 4.78 is 11.3. The van der Waals surface area contributed by atoms with Crippen molar-refractivity contribution in [3.05, 3.63) is 225 Å². The fraction of sp³-hybridized carbons (Fsp3) is 0. The molecule has 0 amide bonds. The summed E-state index contributed by atoms with van der Waals surface area (Å²) in [5.74, 6) is 0. The first-order valence-electron chi connectivity index (χ1n) is 22.2. The molecule has 0 radical (unpaired) electrons. The standard InChI is InChI=1S/C61H37N3O/c1-2-14-39(15-3-1)63-35-32-54-58-49(25-13-33-62-58)52-31-34-64(59(52)50-21-8-9-22-51(50)60(54)63)40-28-30-47-46-29-27-38(41-23-12-24-53-48-20-10-11-26-57(48)65-61(41)53)36-55(46)44-18-6-4-16-42(44)43-17-5-7-19-45(43)56(47)37-40/h1-37H. The van der Waals surface area contributed by atoms with Crippen molar-refractivity contribution >= 4 is 21.9 Å². The summed E-state index contributed by atoms with van der Waals surface area (Å²) in [6.45, 7) is 0. The van der Waals surface area contributed by atoms with Crippen LogP contribution in [0, 0.1) is 0 Å². The van der Waals surface area contributed by atoms with Gasteiger partial charge in [0.15, 0.2) is 0 Å². The molecule has 2 aliphatic rings. The molecule has 4 nitrogen and oxygen atoms in total. The zero-order valence-corrected chi connectivity index (χ0v) is 35.1. The van der Waals surface area contributed by atoms with E-state index in [0.29, 0.717) is 0 Å². The third-order valence-electron chi connectivity index (χ3n) is 13.6. The predicted octanol–water partition coefficient (Wildman–Crippen LogP) is 16.2. The molecule has 4 heterocycles. The van der Waals surface area contributed by atoms with Gasteiger partial charge in [-0.25, -0.2) is 0 Å². The fourth-order valence-electron chi connectivity index (χ4n) is 10.8. The molecule has 0 spiro atoms. The molecular formula is C61H37N3O. The maximum Gasteiger partial charge on any atom is 0.143 e. The normalized spacial score (nSPS) is 12.0. The van der Waals surface area contributed by atoms with Gasteiger partial charge in [-0.3, -0.25) is 4.98 Å². The summed E-state index contributed by atoms with van der Waals surface area (Å²) in [6, 6.07) is 74.8. The average Bonchev–Trinajstić information content (AvgIpc) is 4.12. The van der Waals surface area contributed by atoms with E-state index < -0.39 is 0 Å². The van der Waals surface area contributed by atoms with Crippen molar-refractivity contribution in [3.63, 3.8) is 0 Å². The van der Waals surface area contributed by atoms with Gasteiger partial charge in [0.1, 0.15) is 11.2 Å². The van der Waals surface area contributed by atoms with Crippen LogP contribution in [0.15, 0.2) is 229 Å². The smallest absolute Gasteiger partial charge is 0.143 e. The number of benzene rings is 8. The average molecular weight is 828 g/mol. The van der Waals surface area contributed by atoms with Crippen molar-refractivity contribution in [1.29, 1.82) is 0 Å². The maximum atomic E-state index is 6.58. The van der Waals surface area contributed by atoms with Gasteiger partial charge in [-0.15, -0.1) is 0 Å². The summed E-state index contributed by atoms with van der Waals surface area (Å²) in [6.07, 6.45) is 6.34. The highest BCUT2D eigenvalue weighted by Gasteiger charge is 2.29. The largest absolute Gasteiger partial charge is 0.455 e. The number of aromatic nitrogens is 3. The molecule has 65 heavy (non-hydrogen) atoms. The number of rotatable bonds is 3. The number of fused-ring (bicyclic) bond motifs is 19. The summed E-state index contributed by atoms with van der Waals surface area (Å²) >= 11 is 0. The first-order valence-corrected chi connectivity index (χ1v) is 22.2. The minimum absolute atomic E-state index is 0.902. The first kappa shape index (κ1) is 35.8. The van der Waals surface area contributed by atoms with Crippen molar-refractivity contribution in [2.75, 3.05) is 0 Å². The molecule has 4 aromatic heterocycles. The van der Waals surface area contributed by atoms with E-state index in [4.69, 9.17) is 9.40 Å². The molecule has 4 heteroatoms. The molecule has 0 atom stereocenters. The van der Waals surface area contributed by atoms with Crippen LogP contribution < -0.4 is 0 Å². The molecule has 0 fully saturated rings. The molecular weight excluding hydrogens is 791 g/mol. The lowest BCUT2D eigenvalue weighted by Gasteiger charge is -2.25. The van der Waals surface area contributed by atoms with Crippen molar-refractivity contribution in [3.8, 4) is 112 Å². The fourth-order valence-corrected chi connectivity index (χ4v) is 10.8. The van der Waals surface area contributed by atoms with E-state index in [1.807, 2.05) is 12.3 Å². The third kappa shape index (κ3) is 5.28. The second-order valence-corrected chi connectivity index (χ2v) is 17.0. The van der Waals surface area contributed by atoms with E-state index in [2.05, 4.69) is 222 Å². The van der Waals surface area contributed by atoms with Crippen molar-refractivity contribution in [2.45, 2.75) is 0 Å². The number of para-hydroxylation sites is 3. The van der Waals surface area contributed by atoms with Crippen molar-refractivity contribution in [1.82, 2.24) is 14.1 Å². The van der Waals surface area contributed by atoms with E-state index in [1.165, 1.54) is 44.5 Å². The van der Waals surface area contributed by atoms with Gasteiger partial charge in [0, 0.05) is 74.1 Å². The van der Waals surface area contributed by atoms with Gasteiger partial charge in [0.2, 0.25) is 0 Å². The van der Waals surface area contributed by atoms with Crippen LogP contribution in [0.1, 0.15) is 0 Å². The summed E-state index contributed by atoms with van der Waals surface area (Å²) in [5.41, 5.74) is 24.7. The van der Waals surface area contributed by atoms with Crippen molar-refractivity contribution < 1.29 is 4.42 Å². The molecule has 0 saturated carbocycles. The topological polar surface area (TPSA) is 35.9 Å². The number of pyridine rings is 1. The number of hydrogen-bond donors (Lipinski definition) is 0. The predicted molar refractivity (Wildman–Crippen MR) is 266 cm³/mol. The molecule has 8 aromatic carbocycles. The van der Waals surface area contributed by atoms with Crippen LogP contribution in [-0.4, -0.2) is 14.1 Å². The lowest BCUT2D eigenvalue weighted by atomic mass is 9.80. The van der Waals surface area contributed by atoms with Gasteiger partial charge in [0.25, 0.3) is 0 Å². The van der Waals surface area contributed by atoms with Crippen LogP contribution in [0.5, 0.6) is 0 Å². The minimum atomic E-state index is 0.902. The highest BCUT2D eigenvalue weighted by atomic mass is 16.3. The Morgan fingerprint density at radius 3 is 1.62 bits per heavy atom. The molecule has 2 aliphatic carbocycles. The lowest BCUT2D eigenvalue weighted by molar-refractivity contribution is 0.670. The summed E-state index contributed by atoms with van der Waals surface area (Å²) in [5, 5.41) is 2.26. The quantitative estimate of drug-likeness (QED) is 0.178. The zero-order chi connectivity index (χ0) is 42.6. The zero-order valence-electron chi connectivity index (χ0n) is 35.1. The summed E-state index contributed by atoms with van der Waals surface area (Å²) in [7, 11) is 0. The van der Waals surface area contributed by atoms with Crippen LogP contribution in [0.4, 0.5) is 0 Å². The highest BCUT2D eigenvalue weighted by molar-refractivity contribution is 6.11.